The SMILES string of the molecule is OCCCc1c(C(F)(F)F)n2c3c(cccc13)CC2. The van der Waals surface area contributed by atoms with E-state index in [1.54, 1.807) is 6.07 Å². The second-order valence-electron chi connectivity index (χ2n) is 4.87. The molecule has 0 radical (unpaired) electrons. The van der Waals surface area contributed by atoms with Crippen molar-refractivity contribution in [1.29, 1.82) is 0 Å². The van der Waals surface area contributed by atoms with Gasteiger partial charge in [-0.15, -0.1) is 0 Å². The Morgan fingerprint density at radius 2 is 2.05 bits per heavy atom. The number of rotatable bonds is 3. The van der Waals surface area contributed by atoms with Crippen LogP contribution in [0.2, 0.25) is 0 Å². The van der Waals surface area contributed by atoms with Crippen molar-refractivity contribution in [3.63, 3.8) is 0 Å². The Kier molecular flexibility index (Phi) is 2.82. The van der Waals surface area contributed by atoms with Crippen molar-refractivity contribution >= 4 is 10.9 Å². The zero-order chi connectivity index (χ0) is 13.6. The first-order valence-electron chi connectivity index (χ1n) is 6.35. The van der Waals surface area contributed by atoms with Crippen molar-refractivity contribution in [3.8, 4) is 0 Å². The van der Waals surface area contributed by atoms with Crippen LogP contribution in [0.1, 0.15) is 23.2 Å². The van der Waals surface area contributed by atoms with E-state index in [0.717, 1.165) is 11.1 Å². The van der Waals surface area contributed by atoms with Crippen molar-refractivity contribution < 1.29 is 18.3 Å². The molecule has 1 aliphatic rings. The standard InChI is InChI=1S/C14H14F3NO/c15-14(16,17)13-11(5-2-8-19)10-4-1-3-9-6-7-18(13)12(9)10/h1,3-4,19H,2,5-8H2. The second-order valence-corrected chi connectivity index (χ2v) is 4.87. The third-order valence-electron chi connectivity index (χ3n) is 3.73. The molecule has 102 valence electrons. The lowest BCUT2D eigenvalue weighted by atomic mass is 10.0. The van der Waals surface area contributed by atoms with E-state index < -0.39 is 11.9 Å². The molecule has 0 fully saturated rings. The number of nitrogens with zero attached hydrogens (tertiary/aromatic N) is 1. The minimum atomic E-state index is -4.34. The molecule has 3 rings (SSSR count). The van der Waals surface area contributed by atoms with Crippen LogP contribution in [-0.4, -0.2) is 16.3 Å². The quantitative estimate of drug-likeness (QED) is 0.909. The highest BCUT2D eigenvalue weighted by Crippen LogP contribution is 2.42. The molecular weight excluding hydrogens is 255 g/mol. The summed E-state index contributed by atoms with van der Waals surface area (Å²) in [6.07, 6.45) is -3.06. The van der Waals surface area contributed by atoms with Crippen molar-refractivity contribution in [1.82, 2.24) is 4.57 Å². The van der Waals surface area contributed by atoms with Gasteiger partial charge in [-0.2, -0.15) is 13.2 Å². The summed E-state index contributed by atoms with van der Waals surface area (Å²) in [6.45, 7) is 0.299. The van der Waals surface area contributed by atoms with Gasteiger partial charge in [-0.25, -0.2) is 0 Å². The molecule has 2 aromatic rings. The lowest BCUT2D eigenvalue weighted by Crippen LogP contribution is -2.15. The molecule has 0 saturated heterocycles. The van der Waals surface area contributed by atoms with Gasteiger partial charge in [0.2, 0.25) is 0 Å². The van der Waals surface area contributed by atoms with E-state index in [1.165, 1.54) is 4.57 Å². The predicted molar refractivity (Wildman–Crippen MR) is 66.1 cm³/mol. The van der Waals surface area contributed by atoms with Crippen molar-refractivity contribution in [2.75, 3.05) is 6.61 Å². The molecular formula is C14H14F3NO. The highest BCUT2D eigenvalue weighted by Gasteiger charge is 2.40. The molecule has 1 aromatic carbocycles. The summed E-state index contributed by atoms with van der Waals surface area (Å²) in [6, 6.07) is 5.46. The van der Waals surface area contributed by atoms with Crippen molar-refractivity contribution in [2.45, 2.75) is 32.0 Å². The van der Waals surface area contributed by atoms with E-state index in [4.69, 9.17) is 5.11 Å². The minimum Gasteiger partial charge on any atom is -0.396 e. The molecule has 1 N–H and O–H groups in total. The molecule has 2 nitrogen and oxygen atoms in total. The first-order valence-corrected chi connectivity index (χ1v) is 6.35. The number of aliphatic hydroxyl groups excluding tert-OH is 1. The average molecular weight is 269 g/mol. The van der Waals surface area contributed by atoms with Gasteiger partial charge in [-0.3, -0.25) is 0 Å². The van der Waals surface area contributed by atoms with Gasteiger partial charge in [0.05, 0.1) is 5.52 Å². The van der Waals surface area contributed by atoms with Crippen LogP contribution in [0, 0.1) is 0 Å². The van der Waals surface area contributed by atoms with Gasteiger partial charge in [0, 0.05) is 18.5 Å². The summed E-state index contributed by atoms with van der Waals surface area (Å²) in [7, 11) is 0. The van der Waals surface area contributed by atoms with Crippen LogP contribution in [0.5, 0.6) is 0 Å². The zero-order valence-electron chi connectivity index (χ0n) is 10.3. The zero-order valence-corrected chi connectivity index (χ0v) is 10.3. The smallest absolute Gasteiger partial charge is 0.396 e. The van der Waals surface area contributed by atoms with E-state index in [1.807, 2.05) is 12.1 Å². The predicted octanol–water partition coefficient (Wildman–Crippen LogP) is 3.14. The fourth-order valence-corrected chi connectivity index (χ4v) is 3.05. The minimum absolute atomic E-state index is 0.0936. The Balaban J connectivity index is 2.29. The molecule has 0 amide bonds. The largest absolute Gasteiger partial charge is 0.431 e. The Labute approximate surface area is 108 Å². The number of aromatic nitrogens is 1. The van der Waals surface area contributed by atoms with E-state index >= 15 is 0 Å². The second kappa shape index (κ2) is 4.27. The molecule has 19 heavy (non-hydrogen) atoms. The van der Waals surface area contributed by atoms with E-state index in [9.17, 15) is 13.2 Å². The fourth-order valence-electron chi connectivity index (χ4n) is 3.05. The number of aryl methyl sites for hydroxylation is 3. The number of benzene rings is 1. The molecule has 1 aromatic heterocycles. The number of alkyl halides is 3. The summed E-state index contributed by atoms with van der Waals surface area (Å²) in [4.78, 5) is 0. The lowest BCUT2D eigenvalue weighted by Gasteiger charge is -2.12. The molecule has 0 saturated carbocycles. The Morgan fingerprint density at radius 1 is 1.26 bits per heavy atom. The van der Waals surface area contributed by atoms with E-state index in [0.29, 0.717) is 30.3 Å². The average Bonchev–Trinajstić information content (AvgIpc) is 2.90. The van der Waals surface area contributed by atoms with Gasteiger partial charge in [-0.1, -0.05) is 18.2 Å². The molecule has 2 heterocycles. The van der Waals surface area contributed by atoms with Crippen LogP contribution < -0.4 is 0 Å². The molecule has 0 bridgehead atoms. The van der Waals surface area contributed by atoms with Crippen LogP contribution in [0.25, 0.3) is 10.9 Å². The van der Waals surface area contributed by atoms with Crippen LogP contribution in [0.4, 0.5) is 13.2 Å². The maximum absolute atomic E-state index is 13.3. The summed E-state index contributed by atoms with van der Waals surface area (Å²) in [5.41, 5.74) is 1.51. The first kappa shape index (κ1) is 12.5. The third-order valence-corrected chi connectivity index (χ3v) is 3.73. The summed E-state index contributed by atoms with van der Waals surface area (Å²) in [5, 5.41) is 9.57. The van der Waals surface area contributed by atoms with E-state index in [-0.39, 0.29) is 13.0 Å². The Morgan fingerprint density at radius 3 is 2.74 bits per heavy atom. The van der Waals surface area contributed by atoms with Gasteiger partial charge in [0.15, 0.2) is 0 Å². The molecule has 0 atom stereocenters. The van der Waals surface area contributed by atoms with Gasteiger partial charge < -0.3 is 9.67 Å². The number of hydrogen-bond donors (Lipinski definition) is 1. The lowest BCUT2D eigenvalue weighted by molar-refractivity contribution is -0.143. The normalized spacial score (nSPS) is 14.5. The number of hydrogen-bond acceptors (Lipinski definition) is 1. The molecule has 0 spiro atoms. The van der Waals surface area contributed by atoms with Gasteiger partial charge in [0.1, 0.15) is 5.69 Å². The van der Waals surface area contributed by atoms with Crippen LogP contribution >= 0.6 is 0 Å². The van der Waals surface area contributed by atoms with Gasteiger partial charge >= 0.3 is 6.18 Å². The van der Waals surface area contributed by atoms with E-state index in [2.05, 4.69) is 0 Å². The number of halogens is 3. The molecule has 0 unspecified atom stereocenters. The summed E-state index contributed by atoms with van der Waals surface area (Å²) >= 11 is 0. The Bertz CT molecular complexity index is 628. The fraction of sp³-hybridized carbons (Fsp3) is 0.429. The number of aliphatic hydroxyl groups is 1. The van der Waals surface area contributed by atoms with Gasteiger partial charge in [-0.05, 0) is 30.4 Å². The molecule has 1 aliphatic heterocycles. The number of para-hydroxylation sites is 1. The van der Waals surface area contributed by atoms with Crippen LogP contribution in [0.3, 0.4) is 0 Å². The van der Waals surface area contributed by atoms with Crippen LogP contribution in [0.15, 0.2) is 18.2 Å². The Hall–Kier alpha value is -1.49. The van der Waals surface area contributed by atoms with Crippen molar-refractivity contribution in [2.24, 2.45) is 0 Å². The van der Waals surface area contributed by atoms with Gasteiger partial charge in [0.25, 0.3) is 0 Å². The third kappa shape index (κ3) is 1.84. The monoisotopic (exact) mass is 269 g/mol. The summed E-state index contributed by atoms with van der Waals surface area (Å²) in [5.74, 6) is 0. The highest BCUT2D eigenvalue weighted by atomic mass is 19.4. The molecule has 5 heteroatoms. The highest BCUT2D eigenvalue weighted by molar-refractivity contribution is 5.89. The van der Waals surface area contributed by atoms with Crippen molar-refractivity contribution in [3.05, 3.63) is 35.0 Å². The maximum Gasteiger partial charge on any atom is 0.431 e. The van der Waals surface area contributed by atoms with Crippen LogP contribution in [-0.2, 0) is 25.6 Å². The maximum atomic E-state index is 13.3. The first-order chi connectivity index (χ1) is 9.04. The summed E-state index contributed by atoms with van der Waals surface area (Å²) < 4.78 is 41.3. The topological polar surface area (TPSA) is 25.2 Å². The molecule has 0 aliphatic carbocycles.